The van der Waals surface area contributed by atoms with E-state index in [4.69, 9.17) is 9.90 Å². The second kappa shape index (κ2) is 30.0. The Hall–Kier alpha value is -5.51. The molecule has 2 aromatic rings. The van der Waals surface area contributed by atoms with Crippen LogP contribution in [0.25, 0.3) is 11.1 Å². The van der Waals surface area contributed by atoms with E-state index in [1.807, 2.05) is 31.2 Å². The number of aliphatic hydroxyl groups is 1. The van der Waals surface area contributed by atoms with Gasteiger partial charge in [0.25, 0.3) is 6.47 Å². The van der Waals surface area contributed by atoms with Crippen molar-refractivity contribution in [1.29, 1.82) is 0 Å². The maximum Gasteiger partial charge on any atom is 0.290 e. The lowest BCUT2D eigenvalue weighted by molar-refractivity contribution is -0.141. The molecule has 1 fully saturated rings. The Morgan fingerprint density at radius 1 is 0.776 bits per heavy atom. The van der Waals surface area contributed by atoms with E-state index in [9.17, 15) is 39.0 Å². The second-order valence-corrected chi connectivity index (χ2v) is 18.2. The van der Waals surface area contributed by atoms with Crippen molar-refractivity contribution in [3.05, 3.63) is 53.1 Å². The van der Waals surface area contributed by atoms with E-state index in [-0.39, 0.29) is 36.5 Å². The summed E-state index contributed by atoms with van der Waals surface area (Å²) in [5.74, 6) is -2.86. The van der Waals surface area contributed by atoms with Gasteiger partial charge in [-0.25, -0.2) is 0 Å². The summed E-state index contributed by atoms with van der Waals surface area (Å²) >= 11 is 0. The highest BCUT2D eigenvalue weighted by Crippen LogP contribution is 2.47. The SMILES string of the molecule is CCCCCCCCCCCCCCCC(=O)N(C)C(CO)C(=O)NCC(=O)NCC(=O)N(C)C1C(=O)N[C@@H](C)C(=O)N[C@H](C)CCCc2ccc(O)c(c2)-c2cc1ccc2C1CC1.O=CO. The van der Waals surface area contributed by atoms with Gasteiger partial charge in [-0.1, -0.05) is 102 Å². The topological polar surface area (TPSA) is 235 Å². The van der Waals surface area contributed by atoms with Gasteiger partial charge in [0.2, 0.25) is 35.4 Å². The summed E-state index contributed by atoms with van der Waals surface area (Å²) in [5, 5.41) is 38.7. The number of benzene rings is 2. The van der Waals surface area contributed by atoms with E-state index in [0.717, 1.165) is 61.6 Å². The Labute approximate surface area is 397 Å². The van der Waals surface area contributed by atoms with Gasteiger partial charge in [-0.05, 0) is 98.7 Å². The van der Waals surface area contributed by atoms with E-state index in [1.54, 1.807) is 19.1 Å². The fourth-order valence-corrected chi connectivity index (χ4v) is 8.46. The molecular formula is C51H78N6O10. The minimum absolute atomic E-state index is 0.104. The fourth-order valence-electron chi connectivity index (χ4n) is 8.46. The minimum atomic E-state index is -1.22. The average molecular weight is 935 g/mol. The first-order chi connectivity index (χ1) is 32.2. The smallest absolute Gasteiger partial charge is 0.290 e. The van der Waals surface area contributed by atoms with Crippen LogP contribution in [0.3, 0.4) is 0 Å². The second-order valence-electron chi connectivity index (χ2n) is 18.2. The van der Waals surface area contributed by atoms with Gasteiger partial charge in [0.15, 0.2) is 0 Å². The molecule has 2 aromatic carbocycles. The quantitative estimate of drug-likeness (QED) is 0.0506. The maximum absolute atomic E-state index is 14.1. The number of fused-ring (bicyclic) bond motifs is 5. The number of phenols is 1. The van der Waals surface area contributed by atoms with Crippen molar-refractivity contribution in [3.8, 4) is 16.9 Å². The molecule has 372 valence electrons. The molecule has 67 heavy (non-hydrogen) atoms. The lowest BCUT2D eigenvalue weighted by Crippen LogP contribution is -2.52. The van der Waals surface area contributed by atoms with Gasteiger partial charge in [0, 0.05) is 32.1 Å². The number of phenolic OH excluding ortho intramolecular Hbond substituents is 1. The number of nitrogens with one attached hydrogen (secondary N) is 4. The Kier molecular flexibility index (Phi) is 25.0. The van der Waals surface area contributed by atoms with Gasteiger partial charge in [-0.15, -0.1) is 0 Å². The fraction of sp³-hybridized carbons (Fsp3) is 0.627. The van der Waals surface area contributed by atoms with Crippen molar-refractivity contribution in [3.63, 3.8) is 0 Å². The molecule has 0 spiro atoms. The van der Waals surface area contributed by atoms with Gasteiger partial charge in [0.05, 0.1) is 19.7 Å². The number of hydrogen-bond acceptors (Lipinski definition) is 9. The number of carbonyl (C=O) groups excluding carboxylic acids is 6. The highest BCUT2D eigenvalue weighted by Gasteiger charge is 2.34. The van der Waals surface area contributed by atoms with Crippen molar-refractivity contribution in [2.24, 2.45) is 0 Å². The van der Waals surface area contributed by atoms with Gasteiger partial charge >= 0.3 is 0 Å². The number of rotatable bonds is 23. The van der Waals surface area contributed by atoms with Gasteiger partial charge in [-0.2, -0.15) is 0 Å². The molecule has 2 unspecified atom stereocenters. The first kappa shape index (κ1) is 55.8. The first-order valence-electron chi connectivity index (χ1n) is 24.5. The minimum Gasteiger partial charge on any atom is -0.507 e. The van der Waals surface area contributed by atoms with Crippen LogP contribution < -0.4 is 21.3 Å². The first-order valence-corrected chi connectivity index (χ1v) is 24.5. The van der Waals surface area contributed by atoms with Crippen LogP contribution >= 0.6 is 0 Å². The summed E-state index contributed by atoms with van der Waals surface area (Å²) in [4.78, 5) is 90.7. The highest BCUT2D eigenvalue weighted by molar-refractivity contribution is 5.95. The number of aromatic hydroxyl groups is 1. The zero-order chi connectivity index (χ0) is 49.3. The Balaban J connectivity index is 0.00000386. The van der Waals surface area contributed by atoms with Crippen molar-refractivity contribution >= 4 is 41.9 Å². The molecule has 1 saturated carbocycles. The molecule has 1 heterocycles. The normalized spacial score (nSPS) is 17.7. The zero-order valence-electron chi connectivity index (χ0n) is 40.6. The van der Waals surface area contributed by atoms with Crippen LogP contribution in [0.2, 0.25) is 0 Å². The van der Waals surface area contributed by atoms with Crippen LogP contribution in [-0.4, -0.2) is 119 Å². The van der Waals surface area contributed by atoms with Crippen molar-refractivity contribution < 1.29 is 48.9 Å². The van der Waals surface area contributed by atoms with Crippen LogP contribution in [0.1, 0.15) is 165 Å². The summed E-state index contributed by atoms with van der Waals surface area (Å²) in [6, 6.07) is 7.59. The molecule has 4 atom stereocenters. The molecule has 1 aliphatic carbocycles. The molecule has 0 radical (unpaired) electrons. The van der Waals surface area contributed by atoms with E-state index >= 15 is 0 Å². The molecule has 0 saturated heterocycles. The number of likely N-dealkylation sites (N-methyl/N-ethyl adjacent to an activating group) is 2. The molecule has 7 N–H and O–H groups in total. The van der Waals surface area contributed by atoms with E-state index in [2.05, 4.69) is 28.2 Å². The maximum atomic E-state index is 14.1. The van der Waals surface area contributed by atoms with Crippen LogP contribution in [0.15, 0.2) is 36.4 Å². The third kappa shape index (κ3) is 19.0. The number of carboxylic acid groups (broad SMARTS) is 1. The van der Waals surface area contributed by atoms with Gasteiger partial charge < -0.3 is 46.4 Å². The summed E-state index contributed by atoms with van der Waals surface area (Å²) in [6.07, 6.45) is 19.9. The number of hydrogen-bond donors (Lipinski definition) is 7. The third-order valence-electron chi connectivity index (χ3n) is 12.7. The molecule has 16 heteroatoms. The van der Waals surface area contributed by atoms with Gasteiger partial charge in [-0.3, -0.25) is 33.6 Å². The number of aryl methyl sites for hydroxylation is 1. The number of nitrogens with zero attached hydrogens (tertiary/aromatic N) is 2. The summed E-state index contributed by atoms with van der Waals surface area (Å²) in [5.41, 5.74) is 3.92. The standard InChI is InChI=1S/C50H76N6O8.CH2O2/c1-6-7-8-9-10-11-12-13-14-15-16-17-18-22-45(60)55(4)42(33-57)49(63)52-31-44(59)51-32-46(61)56(5)47-38-26-27-39(37-24-25-37)40(30-38)41-29-36(23-28-43(41)58)21-19-20-34(2)53-48(62)35(3)54-50(47)64;2-1-3/h23,26-30,34-35,37,42,47,57-58H,6-22,24-25,31-33H2,1-5H3,(H,51,59)(H,52,63)(H,53,62)(H,54,64);1H,(H,2,3)/t34-,35+,42?,47?;/m1./s1. The van der Waals surface area contributed by atoms with Gasteiger partial charge in [0.1, 0.15) is 23.9 Å². The van der Waals surface area contributed by atoms with Crippen molar-refractivity contribution in [1.82, 2.24) is 31.1 Å². The molecule has 1 aliphatic heterocycles. The Morgan fingerprint density at radius 2 is 1.39 bits per heavy atom. The lowest BCUT2D eigenvalue weighted by atomic mass is 9.90. The zero-order valence-corrected chi connectivity index (χ0v) is 40.6. The monoisotopic (exact) mass is 935 g/mol. The van der Waals surface area contributed by atoms with Crippen molar-refractivity contribution in [2.75, 3.05) is 33.8 Å². The lowest BCUT2D eigenvalue weighted by Gasteiger charge is -2.30. The molecule has 4 rings (SSSR count). The van der Waals surface area contributed by atoms with Crippen LogP contribution in [0.4, 0.5) is 0 Å². The molecule has 6 amide bonds. The molecule has 0 aromatic heterocycles. The molecule has 2 aliphatic rings. The number of aliphatic hydroxyl groups excluding tert-OH is 1. The highest BCUT2D eigenvalue weighted by atomic mass is 16.3. The van der Waals surface area contributed by atoms with E-state index < -0.39 is 61.5 Å². The number of unbranched alkanes of at least 4 members (excludes halogenated alkanes) is 12. The third-order valence-corrected chi connectivity index (χ3v) is 12.7. The van der Waals surface area contributed by atoms with Crippen molar-refractivity contribution in [2.45, 2.75) is 173 Å². The number of carbonyl (C=O) groups is 7. The van der Waals surface area contributed by atoms with E-state index in [0.29, 0.717) is 29.9 Å². The predicted molar refractivity (Wildman–Crippen MR) is 258 cm³/mol. The Morgan fingerprint density at radius 3 is 1.99 bits per heavy atom. The van der Waals surface area contributed by atoms with Crippen LogP contribution in [-0.2, 0) is 40.0 Å². The largest absolute Gasteiger partial charge is 0.507 e. The number of amides is 6. The van der Waals surface area contributed by atoms with Crippen LogP contribution in [0, 0.1) is 0 Å². The van der Waals surface area contributed by atoms with Crippen LogP contribution in [0.5, 0.6) is 5.75 Å². The van der Waals surface area contributed by atoms with E-state index in [1.165, 1.54) is 81.7 Å². The molecular weight excluding hydrogens is 857 g/mol. The summed E-state index contributed by atoms with van der Waals surface area (Å²) in [6.45, 7) is 3.81. The molecule has 16 nitrogen and oxygen atoms in total. The predicted octanol–water partition coefficient (Wildman–Crippen LogP) is 6.02. The Bertz CT molecular complexity index is 1920. The summed E-state index contributed by atoms with van der Waals surface area (Å²) < 4.78 is 0. The summed E-state index contributed by atoms with van der Waals surface area (Å²) in [7, 11) is 2.90. The average Bonchev–Trinajstić information content (AvgIpc) is 4.15. The molecule has 4 bridgehead atoms.